The number of aromatic amines is 3. The van der Waals surface area contributed by atoms with Gasteiger partial charge in [0.15, 0.2) is 17.9 Å². The predicted octanol–water partition coefficient (Wildman–Crippen LogP) is -1.48. The van der Waals surface area contributed by atoms with Crippen LogP contribution in [0.1, 0.15) is 108 Å². The Morgan fingerprint density at radius 3 is 1.02 bits per heavy atom. The first-order valence-electron chi connectivity index (χ1n) is 34.0. The zero-order valence-electron chi connectivity index (χ0n) is 57.2. The average Bonchev–Trinajstić information content (AvgIpc) is 1.73. The summed E-state index contributed by atoms with van der Waals surface area (Å²) in [6, 6.07) is 9.74. The Balaban J connectivity index is 1.31. The number of nitrogens with one attached hydrogen (secondary N) is 11. The van der Waals surface area contributed by atoms with Gasteiger partial charge in [-0.3, -0.25) is 53.3 Å². The number of nitrogens with two attached hydrogens (primary N) is 9. The van der Waals surface area contributed by atoms with Crippen molar-refractivity contribution in [3.05, 3.63) is 108 Å². The molecule has 3 aromatic heterocycles. The maximum atomic E-state index is 15.4. The standard InChI is InChI=1S/C68H101N23O10/c1-38(2)56(91-57(92)45(71)19-13-29-78-66(72)73)64(99)87-52(26-15-31-80-68(76)77)60(95)88-54(33-40-36-82-47-21-7-4-17-43(40)47)63(98)89-53(32-39-35-81-46-20-6-3-16-42(39)46)62(97)86-50(24-10-12-28-70)59(94)84-49(23-9-11-27-69)58(93)85-51(25-14-30-79-67(74)75)61(96)90-55(65(100)101)34-41-37-83-48-22-8-5-18-44(41)48/h3-8,16-18,20-22,35-38,45,49-56,81-83H,9-15,19,23-34,69-71H2,1-2H3,(H,84,94)(H,85,93)(H,86,97)(H,87,99)(H,88,95)(H,89,98)(H,90,96)(H,91,92)(H,100,101)(H4,72,73,78)(H4,74,75,79)(H4,76,77,80)/t45-,49-,50-,51-,52-,53-,54-,55-,56-/m0/s1. The van der Waals surface area contributed by atoms with Gasteiger partial charge in [-0.05, 0) is 131 Å². The van der Waals surface area contributed by atoms with Gasteiger partial charge in [0.2, 0.25) is 47.3 Å². The number of aliphatic carboxylic acids is 1. The van der Waals surface area contributed by atoms with Crippen LogP contribution < -0.4 is 94.1 Å². The lowest BCUT2D eigenvalue weighted by atomic mass is 9.99. The van der Waals surface area contributed by atoms with Gasteiger partial charge < -0.3 is 114 Å². The number of aromatic nitrogens is 3. The van der Waals surface area contributed by atoms with E-state index in [0.717, 1.165) is 16.4 Å². The van der Waals surface area contributed by atoms with Crippen LogP contribution in [-0.2, 0) is 62.4 Å². The Hall–Kier alpha value is -10.8. The maximum Gasteiger partial charge on any atom is 0.326 e. The molecule has 0 bridgehead atoms. The highest BCUT2D eigenvalue weighted by Gasteiger charge is 2.37. The number of carboxylic acid groups (broad SMARTS) is 1. The van der Waals surface area contributed by atoms with E-state index in [2.05, 4.69) is 72.5 Å². The first-order chi connectivity index (χ1) is 48.4. The van der Waals surface area contributed by atoms with Crippen LogP contribution in [-0.4, -0.2) is 178 Å². The molecule has 548 valence electrons. The maximum absolute atomic E-state index is 15.4. The highest BCUT2D eigenvalue weighted by Crippen LogP contribution is 2.23. The Kier molecular flexibility index (Phi) is 31.6. The van der Waals surface area contributed by atoms with Crippen LogP contribution in [0.25, 0.3) is 32.7 Å². The summed E-state index contributed by atoms with van der Waals surface area (Å²) in [4.78, 5) is 152. The number of carboxylic acids is 1. The molecule has 0 aliphatic rings. The molecule has 8 amide bonds. The lowest BCUT2D eigenvalue weighted by Gasteiger charge is -2.29. The molecule has 0 saturated carbocycles. The third kappa shape index (κ3) is 25.2. The normalized spacial score (nSPS) is 14.0. The zero-order chi connectivity index (χ0) is 73.5. The number of para-hydroxylation sites is 3. The topological polar surface area (TPSA) is 589 Å². The third-order valence-corrected chi connectivity index (χ3v) is 17.0. The summed E-state index contributed by atoms with van der Waals surface area (Å²) >= 11 is 0. The number of nitrogens with zero attached hydrogens (tertiary/aromatic N) is 3. The van der Waals surface area contributed by atoms with Crippen LogP contribution in [0.4, 0.5) is 0 Å². The highest BCUT2D eigenvalue weighted by atomic mass is 16.4. The Labute approximate surface area is 585 Å². The number of unbranched alkanes of at least 4 members (excludes halogenated alkanes) is 2. The Morgan fingerprint density at radius 2 is 0.683 bits per heavy atom. The zero-order valence-corrected chi connectivity index (χ0v) is 57.2. The first-order valence-corrected chi connectivity index (χ1v) is 34.0. The number of H-pyrrole nitrogens is 3. The number of hydrogen-bond acceptors (Lipinski definition) is 15. The molecule has 0 radical (unpaired) electrons. The number of carbonyl (C=O) groups excluding carboxylic acids is 8. The average molecular weight is 1400 g/mol. The van der Waals surface area contributed by atoms with E-state index in [9.17, 15) is 38.7 Å². The van der Waals surface area contributed by atoms with Gasteiger partial charge in [-0.25, -0.2) is 4.79 Å². The van der Waals surface area contributed by atoms with Gasteiger partial charge in [-0.2, -0.15) is 0 Å². The van der Waals surface area contributed by atoms with Crippen molar-refractivity contribution in [1.29, 1.82) is 0 Å². The molecule has 0 saturated heterocycles. The van der Waals surface area contributed by atoms with E-state index in [0.29, 0.717) is 65.1 Å². The van der Waals surface area contributed by atoms with Crippen molar-refractivity contribution in [1.82, 2.24) is 57.5 Å². The van der Waals surface area contributed by atoms with Crippen LogP contribution in [0.3, 0.4) is 0 Å². The van der Waals surface area contributed by atoms with Gasteiger partial charge in [0.1, 0.15) is 48.3 Å². The second kappa shape index (κ2) is 40.3. The Bertz CT molecular complexity index is 3830. The molecule has 33 heteroatoms. The molecule has 0 fully saturated rings. The molecule has 9 atom stereocenters. The molecule has 30 N–H and O–H groups in total. The fraction of sp³-hybridized carbons (Fsp3) is 0.471. The smallest absolute Gasteiger partial charge is 0.326 e. The van der Waals surface area contributed by atoms with E-state index < -0.39 is 114 Å². The van der Waals surface area contributed by atoms with E-state index in [1.54, 1.807) is 50.6 Å². The Morgan fingerprint density at radius 1 is 0.386 bits per heavy atom. The van der Waals surface area contributed by atoms with E-state index in [1.807, 2.05) is 54.6 Å². The molecule has 3 heterocycles. The molecule has 6 aromatic rings. The lowest BCUT2D eigenvalue weighted by molar-refractivity contribution is -0.142. The van der Waals surface area contributed by atoms with Gasteiger partial charge in [0, 0.05) is 90.2 Å². The monoisotopic (exact) mass is 1400 g/mol. The summed E-state index contributed by atoms with van der Waals surface area (Å²) in [6.45, 7) is 4.16. The minimum atomic E-state index is -1.48. The van der Waals surface area contributed by atoms with Crippen molar-refractivity contribution in [3.8, 4) is 0 Å². The van der Waals surface area contributed by atoms with Crippen molar-refractivity contribution in [2.24, 2.45) is 72.5 Å². The molecular weight excluding hydrogens is 1300 g/mol. The van der Waals surface area contributed by atoms with E-state index in [4.69, 9.17) is 51.6 Å². The molecule has 0 aliphatic carbocycles. The molecular formula is C68H101N23O10. The van der Waals surface area contributed by atoms with Crippen molar-refractivity contribution in [2.75, 3.05) is 32.7 Å². The van der Waals surface area contributed by atoms with Crippen LogP contribution in [0.5, 0.6) is 0 Å². The van der Waals surface area contributed by atoms with Crippen LogP contribution in [0.2, 0.25) is 0 Å². The summed E-state index contributed by atoms with van der Waals surface area (Å²) < 4.78 is 0. The van der Waals surface area contributed by atoms with Crippen molar-refractivity contribution < 1.29 is 48.3 Å². The predicted molar refractivity (Wildman–Crippen MR) is 387 cm³/mol. The van der Waals surface area contributed by atoms with Gasteiger partial charge >= 0.3 is 5.97 Å². The molecule has 101 heavy (non-hydrogen) atoms. The summed E-state index contributed by atoms with van der Waals surface area (Å²) in [6.07, 6.45) is 6.80. The lowest BCUT2D eigenvalue weighted by Crippen LogP contribution is -2.61. The summed E-state index contributed by atoms with van der Waals surface area (Å²) in [5.41, 5.74) is 55.4. The minimum absolute atomic E-state index is 0.00706. The fourth-order valence-electron chi connectivity index (χ4n) is 11.6. The number of aliphatic imine (C=N–C) groups is 3. The number of rotatable bonds is 44. The molecule has 0 aliphatic heterocycles. The number of fused-ring (bicyclic) bond motifs is 3. The molecule has 3 aromatic carbocycles. The van der Waals surface area contributed by atoms with E-state index in [-0.39, 0.29) is 115 Å². The van der Waals surface area contributed by atoms with Gasteiger partial charge in [-0.1, -0.05) is 68.4 Å². The van der Waals surface area contributed by atoms with Crippen molar-refractivity contribution in [2.45, 2.75) is 165 Å². The minimum Gasteiger partial charge on any atom is -0.480 e. The quantitative estimate of drug-likeness (QED) is 0.0118. The second-order valence-electron chi connectivity index (χ2n) is 25.2. The van der Waals surface area contributed by atoms with Gasteiger partial charge in [0.05, 0.1) is 6.04 Å². The summed E-state index contributed by atoms with van der Waals surface area (Å²) in [5.74, 6) is -8.73. The van der Waals surface area contributed by atoms with Crippen LogP contribution in [0, 0.1) is 5.92 Å². The summed E-state index contributed by atoms with van der Waals surface area (Å²) in [7, 11) is 0. The number of guanidine groups is 3. The third-order valence-electron chi connectivity index (χ3n) is 17.0. The van der Waals surface area contributed by atoms with Gasteiger partial charge in [-0.15, -0.1) is 0 Å². The number of benzene rings is 3. The second-order valence-corrected chi connectivity index (χ2v) is 25.2. The molecule has 33 nitrogen and oxygen atoms in total. The first kappa shape index (κ1) is 79.2. The van der Waals surface area contributed by atoms with Crippen molar-refractivity contribution in [3.63, 3.8) is 0 Å². The molecule has 6 rings (SSSR count). The number of hydrogen-bond donors (Lipinski definition) is 21. The number of carbonyl (C=O) groups is 9. The molecule has 0 spiro atoms. The van der Waals surface area contributed by atoms with E-state index in [1.165, 1.54) is 0 Å². The fourth-order valence-corrected chi connectivity index (χ4v) is 11.6. The van der Waals surface area contributed by atoms with Crippen LogP contribution in [0.15, 0.2) is 106 Å². The van der Waals surface area contributed by atoms with Crippen molar-refractivity contribution >= 4 is 104 Å². The SMILES string of the molecule is CC(C)[C@H](NC(=O)[C@@H](N)CCCN=C(N)N)C(=O)N[C@@H](CCCN=C(N)N)C(=O)N[C@@H](Cc1c[nH]c2ccccc12)C(=O)N[C@@H](Cc1c[nH]c2ccccc12)C(=O)N[C@@H](CCCCN)C(=O)N[C@@H](CCCCN)C(=O)N[C@@H](CCCN=C(N)N)C(=O)N[C@@H](Cc1c[nH]c2ccccc12)C(=O)O. The van der Waals surface area contributed by atoms with E-state index >= 15 is 9.59 Å². The van der Waals surface area contributed by atoms with Crippen LogP contribution >= 0.6 is 0 Å². The van der Waals surface area contributed by atoms with Gasteiger partial charge in [0.25, 0.3) is 0 Å². The molecule has 0 unspecified atom stereocenters. The number of amides is 8. The largest absolute Gasteiger partial charge is 0.480 e. The highest BCUT2D eigenvalue weighted by molar-refractivity contribution is 5.99. The summed E-state index contributed by atoms with van der Waals surface area (Å²) in [5, 5.41) is 34.8.